The maximum absolute atomic E-state index is 4.51. The van der Waals surface area contributed by atoms with Crippen molar-refractivity contribution < 1.29 is 0 Å². The fraction of sp³-hybridized carbons (Fsp3) is 0.429. The monoisotopic (exact) mass is 276 g/mol. The van der Waals surface area contributed by atoms with E-state index in [0.29, 0.717) is 6.04 Å². The van der Waals surface area contributed by atoms with Gasteiger partial charge in [0.15, 0.2) is 0 Å². The molecule has 2 rings (SSSR count). The van der Waals surface area contributed by atoms with E-state index in [-0.39, 0.29) is 0 Å². The van der Waals surface area contributed by atoms with Gasteiger partial charge in [-0.15, -0.1) is 0 Å². The average molecular weight is 276 g/mol. The Hall–Kier alpha value is -1.62. The lowest BCUT2D eigenvalue weighted by Gasteiger charge is -2.15. The van der Waals surface area contributed by atoms with E-state index >= 15 is 0 Å². The minimum atomic E-state index is 0.346. The van der Waals surface area contributed by atoms with Crippen LogP contribution in [0.4, 0.5) is 11.6 Å². The minimum Gasteiger partial charge on any atom is -0.373 e. The van der Waals surface area contributed by atoms with Crippen LogP contribution in [0, 0.1) is 0 Å². The van der Waals surface area contributed by atoms with Crippen LogP contribution in [0.15, 0.2) is 22.9 Å². The highest BCUT2D eigenvalue weighted by molar-refractivity contribution is 7.07. The maximum Gasteiger partial charge on any atom is 0.132 e. The van der Waals surface area contributed by atoms with Crippen molar-refractivity contribution in [3.05, 3.63) is 34.3 Å². The summed E-state index contributed by atoms with van der Waals surface area (Å²) < 4.78 is 0. The SMILES string of the molecule is CCc1nc(NC)cc(NC(C)Cc2ccsc2)n1. The van der Waals surface area contributed by atoms with E-state index < -0.39 is 0 Å². The van der Waals surface area contributed by atoms with Gasteiger partial charge in [-0.3, -0.25) is 0 Å². The number of thiophene rings is 1. The molecule has 0 saturated carbocycles. The summed E-state index contributed by atoms with van der Waals surface area (Å²) in [6.45, 7) is 4.23. The molecule has 2 aromatic heterocycles. The standard InChI is InChI=1S/C14H20N4S/c1-4-12-17-13(15-3)8-14(18-12)16-10(2)7-11-5-6-19-9-11/h5-6,8-10H,4,7H2,1-3H3,(H2,15,16,17,18). The van der Waals surface area contributed by atoms with Crippen molar-refractivity contribution in [2.45, 2.75) is 32.7 Å². The van der Waals surface area contributed by atoms with Crippen LogP contribution in [0.25, 0.3) is 0 Å². The lowest BCUT2D eigenvalue weighted by Crippen LogP contribution is -2.19. The van der Waals surface area contributed by atoms with Gasteiger partial charge in [-0.05, 0) is 35.7 Å². The number of aromatic nitrogens is 2. The van der Waals surface area contributed by atoms with E-state index in [4.69, 9.17) is 0 Å². The van der Waals surface area contributed by atoms with Crippen LogP contribution in [0.5, 0.6) is 0 Å². The minimum absolute atomic E-state index is 0.346. The molecule has 0 fully saturated rings. The van der Waals surface area contributed by atoms with Crippen molar-refractivity contribution in [2.24, 2.45) is 0 Å². The van der Waals surface area contributed by atoms with Gasteiger partial charge in [-0.1, -0.05) is 6.92 Å². The summed E-state index contributed by atoms with van der Waals surface area (Å²) in [5.41, 5.74) is 1.36. The van der Waals surface area contributed by atoms with Gasteiger partial charge < -0.3 is 10.6 Å². The number of aryl methyl sites for hydroxylation is 1. The van der Waals surface area contributed by atoms with Crippen LogP contribution in [0.1, 0.15) is 25.2 Å². The second-order valence-corrected chi connectivity index (χ2v) is 5.32. The molecular formula is C14H20N4S. The third kappa shape index (κ3) is 3.92. The Balaban J connectivity index is 2.05. The van der Waals surface area contributed by atoms with Crippen LogP contribution >= 0.6 is 11.3 Å². The number of hydrogen-bond acceptors (Lipinski definition) is 5. The van der Waals surface area contributed by atoms with Crippen molar-refractivity contribution in [2.75, 3.05) is 17.7 Å². The Kier molecular flexibility index (Phi) is 4.74. The molecule has 0 bridgehead atoms. The predicted molar refractivity (Wildman–Crippen MR) is 82.1 cm³/mol. The summed E-state index contributed by atoms with van der Waals surface area (Å²) in [5.74, 6) is 2.60. The van der Waals surface area contributed by atoms with E-state index in [1.54, 1.807) is 11.3 Å². The molecule has 0 amide bonds. The van der Waals surface area contributed by atoms with Crippen molar-refractivity contribution in [3.8, 4) is 0 Å². The Morgan fingerprint density at radius 1 is 1.32 bits per heavy atom. The fourth-order valence-electron chi connectivity index (χ4n) is 1.92. The first-order valence-electron chi connectivity index (χ1n) is 6.54. The van der Waals surface area contributed by atoms with Gasteiger partial charge in [0.2, 0.25) is 0 Å². The van der Waals surface area contributed by atoms with Gasteiger partial charge >= 0.3 is 0 Å². The second kappa shape index (κ2) is 6.52. The zero-order valence-electron chi connectivity index (χ0n) is 11.6. The number of anilines is 2. The summed E-state index contributed by atoms with van der Waals surface area (Å²) >= 11 is 1.74. The quantitative estimate of drug-likeness (QED) is 0.851. The molecule has 0 saturated heterocycles. The molecule has 2 heterocycles. The highest BCUT2D eigenvalue weighted by Crippen LogP contribution is 2.15. The summed E-state index contributed by atoms with van der Waals surface area (Å²) in [7, 11) is 1.88. The summed E-state index contributed by atoms with van der Waals surface area (Å²) in [6, 6.07) is 4.46. The molecule has 0 aliphatic heterocycles. The summed E-state index contributed by atoms with van der Waals surface area (Å²) in [5, 5.41) is 10.8. The normalized spacial score (nSPS) is 12.2. The van der Waals surface area contributed by atoms with Crippen LogP contribution in [-0.4, -0.2) is 23.1 Å². The van der Waals surface area contributed by atoms with Crippen molar-refractivity contribution >= 4 is 23.0 Å². The average Bonchev–Trinajstić information content (AvgIpc) is 2.90. The largest absolute Gasteiger partial charge is 0.373 e. The molecule has 1 unspecified atom stereocenters. The Labute approximate surface area is 118 Å². The molecule has 102 valence electrons. The number of hydrogen-bond donors (Lipinski definition) is 2. The number of nitrogens with one attached hydrogen (secondary N) is 2. The third-order valence-corrected chi connectivity index (χ3v) is 3.59. The van der Waals surface area contributed by atoms with E-state index in [2.05, 4.69) is 51.3 Å². The van der Waals surface area contributed by atoms with E-state index in [1.807, 2.05) is 13.1 Å². The summed E-state index contributed by atoms with van der Waals surface area (Å²) in [6.07, 6.45) is 1.84. The van der Waals surface area contributed by atoms with Crippen LogP contribution in [0.3, 0.4) is 0 Å². The summed E-state index contributed by atoms with van der Waals surface area (Å²) in [4.78, 5) is 8.90. The van der Waals surface area contributed by atoms with Gasteiger partial charge in [0, 0.05) is 25.6 Å². The van der Waals surface area contributed by atoms with Crippen molar-refractivity contribution in [1.82, 2.24) is 9.97 Å². The fourth-order valence-corrected chi connectivity index (χ4v) is 2.60. The zero-order valence-corrected chi connectivity index (χ0v) is 12.4. The molecule has 0 aliphatic rings. The molecular weight excluding hydrogens is 256 g/mol. The topological polar surface area (TPSA) is 49.8 Å². The Morgan fingerprint density at radius 3 is 2.74 bits per heavy atom. The molecule has 0 radical (unpaired) electrons. The molecule has 0 aliphatic carbocycles. The molecule has 5 heteroatoms. The molecule has 1 atom stereocenters. The third-order valence-electron chi connectivity index (χ3n) is 2.86. The van der Waals surface area contributed by atoms with Crippen LogP contribution in [-0.2, 0) is 12.8 Å². The molecule has 0 spiro atoms. The van der Waals surface area contributed by atoms with Crippen LogP contribution in [0.2, 0.25) is 0 Å². The molecule has 2 aromatic rings. The lowest BCUT2D eigenvalue weighted by atomic mass is 10.1. The predicted octanol–water partition coefficient (Wildman–Crippen LogP) is 3.19. The first-order valence-corrected chi connectivity index (χ1v) is 7.49. The molecule has 2 N–H and O–H groups in total. The van der Waals surface area contributed by atoms with Gasteiger partial charge in [0.05, 0.1) is 0 Å². The van der Waals surface area contributed by atoms with Gasteiger partial charge in [-0.2, -0.15) is 11.3 Å². The maximum atomic E-state index is 4.51. The molecule has 19 heavy (non-hydrogen) atoms. The van der Waals surface area contributed by atoms with E-state index in [9.17, 15) is 0 Å². The van der Waals surface area contributed by atoms with Crippen molar-refractivity contribution in [1.29, 1.82) is 0 Å². The zero-order chi connectivity index (χ0) is 13.7. The van der Waals surface area contributed by atoms with Gasteiger partial charge in [0.25, 0.3) is 0 Å². The molecule has 4 nitrogen and oxygen atoms in total. The Bertz CT molecular complexity index is 488. The van der Waals surface area contributed by atoms with Crippen LogP contribution < -0.4 is 10.6 Å². The van der Waals surface area contributed by atoms with Gasteiger partial charge in [0.1, 0.15) is 17.5 Å². The Morgan fingerprint density at radius 2 is 2.11 bits per heavy atom. The van der Waals surface area contributed by atoms with E-state index in [1.165, 1.54) is 5.56 Å². The lowest BCUT2D eigenvalue weighted by molar-refractivity contribution is 0.782. The first-order chi connectivity index (χ1) is 9.21. The molecule has 0 aromatic carbocycles. The van der Waals surface area contributed by atoms with Crippen molar-refractivity contribution in [3.63, 3.8) is 0 Å². The van der Waals surface area contributed by atoms with E-state index in [0.717, 1.165) is 30.3 Å². The van der Waals surface area contributed by atoms with Gasteiger partial charge in [-0.25, -0.2) is 9.97 Å². The number of nitrogens with zero attached hydrogens (tertiary/aromatic N) is 2. The first kappa shape index (κ1) is 13.8. The number of rotatable bonds is 6. The second-order valence-electron chi connectivity index (χ2n) is 4.54. The highest BCUT2D eigenvalue weighted by atomic mass is 32.1. The smallest absolute Gasteiger partial charge is 0.132 e. The highest BCUT2D eigenvalue weighted by Gasteiger charge is 2.07.